The average Bonchev–Trinajstić information content (AvgIpc) is 2.44. The van der Waals surface area contributed by atoms with E-state index in [1.54, 1.807) is 13.8 Å². The molecule has 1 heterocycles. The van der Waals surface area contributed by atoms with Gasteiger partial charge in [0.15, 0.2) is 6.61 Å². The summed E-state index contributed by atoms with van der Waals surface area (Å²) in [5.74, 6) is -1.18. The average molecular weight is 334 g/mol. The van der Waals surface area contributed by atoms with Crippen LogP contribution in [0.15, 0.2) is 18.3 Å². The minimum atomic E-state index is -4.46. The van der Waals surface area contributed by atoms with Crippen molar-refractivity contribution in [2.75, 3.05) is 13.2 Å². The minimum absolute atomic E-state index is 0.0180. The molecule has 128 valence electrons. The first kappa shape index (κ1) is 18.7. The van der Waals surface area contributed by atoms with Crippen molar-refractivity contribution >= 4 is 11.9 Å². The number of nitrogens with one attached hydrogen (secondary N) is 1. The SMILES string of the molecule is CC(C)OC(=O)CCNC(=O)c1ccc(OCC(F)(F)F)nc1. The van der Waals surface area contributed by atoms with Gasteiger partial charge in [0, 0.05) is 18.8 Å². The molecule has 23 heavy (non-hydrogen) atoms. The molecular formula is C14H17F3N2O4. The standard InChI is InChI=1S/C14H17F3N2O4/c1-9(2)23-12(20)5-6-18-13(21)10-3-4-11(19-7-10)22-8-14(15,16)17/h3-4,7,9H,5-6,8H2,1-2H3,(H,18,21). The second kappa shape index (κ2) is 8.35. The molecule has 0 saturated carbocycles. The van der Waals surface area contributed by atoms with Crippen LogP contribution in [0.1, 0.15) is 30.6 Å². The molecule has 0 radical (unpaired) electrons. The van der Waals surface area contributed by atoms with Crippen molar-refractivity contribution in [1.82, 2.24) is 10.3 Å². The van der Waals surface area contributed by atoms with E-state index in [0.717, 1.165) is 12.3 Å². The van der Waals surface area contributed by atoms with Gasteiger partial charge in [0.05, 0.1) is 18.1 Å². The van der Waals surface area contributed by atoms with Gasteiger partial charge in [0.25, 0.3) is 5.91 Å². The molecule has 1 aromatic rings. The fourth-order valence-corrected chi connectivity index (χ4v) is 1.46. The molecule has 9 heteroatoms. The number of halogens is 3. The molecule has 1 aromatic heterocycles. The Morgan fingerprint density at radius 1 is 1.30 bits per heavy atom. The number of esters is 1. The van der Waals surface area contributed by atoms with Crippen LogP contribution >= 0.6 is 0 Å². The number of carbonyl (C=O) groups is 2. The van der Waals surface area contributed by atoms with Gasteiger partial charge in [-0.05, 0) is 19.9 Å². The highest BCUT2D eigenvalue weighted by atomic mass is 19.4. The summed E-state index contributed by atoms with van der Waals surface area (Å²) < 4.78 is 45.3. The third kappa shape index (κ3) is 8.03. The van der Waals surface area contributed by atoms with Crippen molar-refractivity contribution in [3.8, 4) is 5.88 Å². The van der Waals surface area contributed by atoms with E-state index in [9.17, 15) is 22.8 Å². The van der Waals surface area contributed by atoms with Gasteiger partial charge in [-0.25, -0.2) is 4.98 Å². The van der Waals surface area contributed by atoms with E-state index in [-0.39, 0.29) is 30.5 Å². The molecule has 0 bridgehead atoms. The number of hydrogen-bond donors (Lipinski definition) is 1. The highest BCUT2D eigenvalue weighted by Gasteiger charge is 2.28. The maximum Gasteiger partial charge on any atom is 0.422 e. The van der Waals surface area contributed by atoms with Gasteiger partial charge in [-0.15, -0.1) is 0 Å². The van der Waals surface area contributed by atoms with Gasteiger partial charge in [-0.1, -0.05) is 0 Å². The van der Waals surface area contributed by atoms with Gasteiger partial charge in [-0.3, -0.25) is 9.59 Å². The molecule has 1 N–H and O–H groups in total. The number of carbonyl (C=O) groups excluding carboxylic acids is 2. The molecule has 0 unspecified atom stereocenters. The zero-order valence-electron chi connectivity index (χ0n) is 12.6. The summed E-state index contributed by atoms with van der Waals surface area (Å²) in [7, 11) is 0. The summed E-state index contributed by atoms with van der Waals surface area (Å²) in [6.07, 6.45) is -3.58. The fraction of sp³-hybridized carbons (Fsp3) is 0.500. The lowest BCUT2D eigenvalue weighted by Crippen LogP contribution is -2.27. The number of amides is 1. The van der Waals surface area contributed by atoms with Gasteiger partial charge < -0.3 is 14.8 Å². The molecule has 0 spiro atoms. The van der Waals surface area contributed by atoms with Crippen LogP contribution in [0.4, 0.5) is 13.2 Å². The van der Waals surface area contributed by atoms with Gasteiger partial charge in [-0.2, -0.15) is 13.2 Å². The number of alkyl halides is 3. The van der Waals surface area contributed by atoms with Crippen molar-refractivity contribution < 1.29 is 32.2 Å². The molecular weight excluding hydrogens is 317 g/mol. The van der Waals surface area contributed by atoms with Crippen LogP contribution in [-0.2, 0) is 9.53 Å². The summed E-state index contributed by atoms with van der Waals surface area (Å²) in [4.78, 5) is 26.6. The van der Waals surface area contributed by atoms with Crippen LogP contribution in [-0.4, -0.2) is 42.3 Å². The number of ether oxygens (including phenoxy) is 2. The Hall–Kier alpha value is -2.32. The van der Waals surface area contributed by atoms with E-state index in [0.29, 0.717) is 0 Å². The van der Waals surface area contributed by atoms with Gasteiger partial charge in [0.1, 0.15) is 0 Å². The quantitative estimate of drug-likeness (QED) is 0.773. The lowest BCUT2D eigenvalue weighted by atomic mass is 10.2. The zero-order valence-corrected chi connectivity index (χ0v) is 12.6. The Labute approximate surface area is 131 Å². The second-order valence-electron chi connectivity index (χ2n) is 4.83. The maximum absolute atomic E-state index is 12.0. The lowest BCUT2D eigenvalue weighted by Gasteiger charge is -2.09. The van der Waals surface area contributed by atoms with E-state index in [1.165, 1.54) is 6.07 Å². The summed E-state index contributed by atoms with van der Waals surface area (Å²) in [5.41, 5.74) is 0.140. The van der Waals surface area contributed by atoms with Crippen LogP contribution in [0.2, 0.25) is 0 Å². The van der Waals surface area contributed by atoms with Crippen LogP contribution in [0.5, 0.6) is 5.88 Å². The topological polar surface area (TPSA) is 77.5 Å². The summed E-state index contributed by atoms with van der Waals surface area (Å²) in [5, 5.41) is 2.48. The molecule has 1 amide bonds. The maximum atomic E-state index is 12.0. The number of aromatic nitrogens is 1. The Kier molecular flexibility index (Phi) is 6.80. The monoisotopic (exact) mass is 334 g/mol. The molecule has 0 atom stereocenters. The highest BCUT2D eigenvalue weighted by molar-refractivity contribution is 5.94. The fourth-order valence-electron chi connectivity index (χ4n) is 1.46. The van der Waals surface area contributed by atoms with Crippen molar-refractivity contribution in [3.63, 3.8) is 0 Å². The van der Waals surface area contributed by atoms with E-state index in [4.69, 9.17) is 4.74 Å². The summed E-state index contributed by atoms with van der Waals surface area (Å²) in [6.45, 7) is 2.05. The smallest absolute Gasteiger partial charge is 0.422 e. The highest BCUT2D eigenvalue weighted by Crippen LogP contribution is 2.16. The molecule has 6 nitrogen and oxygen atoms in total. The normalized spacial score (nSPS) is 11.2. The number of pyridine rings is 1. The predicted molar refractivity (Wildman–Crippen MR) is 74.0 cm³/mol. The Bertz CT molecular complexity index is 530. The van der Waals surface area contributed by atoms with E-state index in [2.05, 4.69) is 15.0 Å². The van der Waals surface area contributed by atoms with Crippen molar-refractivity contribution in [2.45, 2.75) is 32.5 Å². The van der Waals surface area contributed by atoms with E-state index in [1.807, 2.05) is 0 Å². The largest absolute Gasteiger partial charge is 0.468 e. The molecule has 0 saturated heterocycles. The van der Waals surface area contributed by atoms with Crippen LogP contribution in [0.25, 0.3) is 0 Å². The minimum Gasteiger partial charge on any atom is -0.468 e. The van der Waals surface area contributed by atoms with Gasteiger partial charge >= 0.3 is 12.1 Å². The van der Waals surface area contributed by atoms with Crippen molar-refractivity contribution in [1.29, 1.82) is 0 Å². The van der Waals surface area contributed by atoms with Crippen LogP contribution in [0, 0.1) is 0 Å². The zero-order chi connectivity index (χ0) is 17.5. The third-order valence-electron chi connectivity index (χ3n) is 2.36. The number of hydrogen-bond acceptors (Lipinski definition) is 5. The molecule has 1 rings (SSSR count). The van der Waals surface area contributed by atoms with E-state index < -0.39 is 24.7 Å². The first-order chi connectivity index (χ1) is 10.7. The number of nitrogens with zero attached hydrogens (tertiary/aromatic N) is 1. The number of rotatable bonds is 7. The Morgan fingerprint density at radius 3 is 2.52 bits per heavy atom. The lowest BCUT2D eigenvalue weighted by molar-refractivity contribution is -0.154. The van der Waals surface area contributed by atoms with Crippen LogP contribution < -0.4 is 10.1 Å². The van der Waals surface area contributed by atoms with Crippen molar-refractivity contribution in [3.05, 3.63) is 23.9 Å². The van der Waals surface area contributed by atoms with Crippen LogP contribution in [0.3, 0.4) is 0 Å². The third-order valence-corrected chi connectivity index (χ3v) is 2.36. The van der Waals surface area contributed by atoms with Crippen molar-refractivity contribution in [2.24, 2.45) is 0 Å². The first-order valence-electron chi connectivity index (χ1n) is 6.80. The molecule has 0 fully saturated rings. The van der Waals surface area contributed by atoms with E-state index >= 15 is 0 Å². The Morgan fingerprint density at radius 2 is 2.00 bits per heavy atom. The molecule has 0 aromatic carbocycles. The summed E-state index contributed by atoms with van der Waals surface area (Å²) in [6, 6.07) is 2.44. The van der Waals surface area contributed by atoms with Gasteiger partial charge in [0.2, 0.25) is 5.88 Å². The molecule has 0 aliphatic carbocycles. The summed E-state index contributed by atoms with van der Waals surface area (Å²) >= 11 is 0. The Balaban J connectivity index is 2.41. The second-order valence-corrected chi connectivity index (χ2v) is 4.83. The first-order valence-corrected chi connectivity index (χ1v) is 6.80. The molecule has 0 aliphatic rings. The molecule has 0 aliphatic heterocycles. The predicted octanol–water partition coefficient (Wildman–Crippen LogP) is 2.09.